The van der Waals surface area contributed by atoms with Crippen molar-refractivity contribution in [1.29, 1.82) is 0 Å². The summed E-state index contributed by atoms with van der Waals surface area (Å²) in [6.07, 6.45) is 7.08. The third-order valence-electron chi connectivity index (χ3n) is 7.97. The molecule has 7 heteroatoms. The van der Waals surface area contributed by atoms with Crippen LogP contribution in [0.1, 0.15) is 37.7 Å². The van der Waals surface area contributed by atoms with Gasteiger partial charge in [0.15, 0.2) is 0 Å². The minimum absolute atomic E-state index is 0.253. The number of hydrogen-bond acceptors (Lipinski definition) is 6. The standard InChI is InChI=1S/C27H34N4O3/c32-24-4-3-12-27(24)18-31(19-27)23(26(33)34)16-20-6-8-22(9-7-20)30-14-10-21(11-15-30)17-29-25-5-1-2-13-28-25/h1-2,5-9,13,21,23H,3-4,10-12,14-19H2,(H,28,29)(H,33,34). The number of carboxylic acids is 1. The molecule has 3 aliphatic rings. The maximum atomic E-state index is 12.2. The van der Waals surface area contributed by atoms with Crippen LogP contribution in [0.25, 0.3) is 0 Å². The Morgan fingerprint density at radius 1 is 1.15 bits per heavy atom. The number of carbonyl (C=O) groups excluding carboxylic acids is 1. The third-order valence-corrected chi connectivity index (χ3v) is 7.97. The molecule has 0 amide bonds. The van der Waals surface area contributed by atoms with Crippen molar-refractivity contribution in [1.82, 2.24) is 9.88 Å². The van der Waals surface area contributed by atoms with Gasteiger partial charge in [0.1, 0.15) is 17.6 Å². The van der Waals surface area contributed by atoms with Crippen molar-refractivity contribution in [2.24, 2.45) is 11.3 Å². The van der Waals surface area contributed by atoms with E-state index in [0.717, 1.165) is 56.7 Å². The van der Waals surface area contributed by atoms with E-state index in [1.807, 2.05) is 29.3 Å². The summed E-state index contributed by atoms with van der Waals surface area (Å²) in [5.41, 5.74) is 1.98. The number of piperidine rings is 1. The van der Waals surface area contributed by atoms with Gasteiger partial charge < -0.3 is 15.3 Å². The number of pyridine rings is 1. The molecule has 2 aliphatic heterocycles. The summed E-state index contributed by atoms with van der Waals surface area (Å²) in [5, 5.41) is 13.3. The molecular weight excluding hydrogens is 428 g/mol. The lowest BCUT2D eigenvalue weighted by molar-refractivity contribution is -0.154. The first kappa shape index (κ1) is 22.8. The summed E-state index contributed by atoms with van der Waals surface area (Å²) in [6.45, 7) is 4.20. The predicted octanol–water partition coefficient (Wildman–Crippen LogP) is 3.46. The average Bonchev–Trinajstić information content (AvgIpc) is 3.23. The lowest BCUT2D eigenvalue weighted by Gasteiger charge is -2.49. The van der Waals surface area contributed by atoms with Crippen molar-refractivity contribution < 1.29 is 14.7 Å². The maximum absolute atomic E-state index is 12.2. The number of aliphatic carboxylic acids is 1. The van der Waals surface area contributed by atoms with Gasteiger partial charge >= 0.3 is 5.97 Å². The van der Waals surface area contributed by atoms with Crippen LogP contribution in [0, 0.1) is 11.3 Å². The van der Waals surface area contributed by atoms with Crippen LogP contribution in [0.4, 0.5) is 11.5 Å². The normalized spacial score (nSPS) is 21.4. The molecule has 2 aromatic rings. The van der Waals surface area contributed by atoms with Crippen molar-refractivity contribution in [3.63, 3.8) is 0 Å². The fraction of sp³-hybridized carbons (Fsp3) is 0.519. The largest absolute Gasteiger partial charge is 0.480 e. The number of anilines is 2. The molecule has 1 aliphatic carbocycles. The summed E-state index contributed by atoms with van der Waals surface area (Å²) in [7, 11) is 0. The van der Waals surface area contributed by atoms with Crippen LogP contribution in [0.5, 0.6) is 0 Å². The molecular formula is C27H34N4O3. The highest BCUT2D eigenvalue weighted by molar-refractivity contribution is 5.88. The highest BCUT2D eigenvalue weighted by atomic mass is 16.4. The van der Waals surface area contributed by atoms with Crippen molar-refractivity contribution in [3.05, 3.63) is 54.2 Å². The van der Waals surface area contributed by atoms with Crippen molar-refractivity contribution >= 4 is 23.3 Å². The van der Waals surface area contributed by atoms with Gasteiger partial charge in [-0.2, -0.15) is 0 Å². The van der Waals surface area contributed by atoms with E-state index in [0.29, 0.717) is 37.6 Å². The number of carbonyl (C=O) groups is 2. The van der Waals surface area contributed by atoms with Gasteiger partial charge in [-0.15, -0.1) is 0 Å². The van der Waals surface area contributed by atoms with Crippen LogP contribution in [0.15, 0.2) is 48.7 Å². The summed E-state index contributed by atoms with van der Waals surface area (Å²) < 4.78 is 0. The lowest BCUT2D eigenvalue weighted by atomic mass is 9.76. The molecule has 1 aromatic heterocycles. The van der Waals surface area contributed by atoms with E-state index in [1.165, 1.54) is 5.69 Å². The zero-order chi connectivity index (χ0) is 23.5. The number of nitrogens with one attached hydrogen (secondary N) is 1. The second-order valence-electron chi connectivity index (χ2n) is 10.2. The lowest BCUT2D eigenvalue weighted by Crippen LogP contribution is -2.63. The summed E-state index contributed by atoms with van der Waals surface area (Å²) in [5.74, 6) is 1.10. The molecule has 1 aromatic carbocycles. The topological polar surface area (TPSA) is 85.8 Å². The minimum atomic E-state index is -0.800. The first-order valence-electron chi connectivity index (χ1n) is 12.5. The smallest absolute Gasteiger partial charge is 0.321 e. The van der Waals surface area contributed by atoms with Gasteiger partial charge in [0.2, 0.25) is 0 Å². The molecule has 180 valence electrons. The first-order valence-corrected chi connectivity index (χ1v) is 12.5. The number of rotatable bonds is 8. The highest BCUT2D eigenvalue weighted by Gasteiger charge is 2.53. The Kier molecular flexibility index (Phi) is 6.55. The van der Waals surface area contributed by atoms with Gasteiger partial charge in [-0.05, 0) is 67.9 Å². The molecule has 5 rings (SSSR count). The minimum Gasteiger partial charge on any atom is -0.480 e. The van der Waals surface area contributed by atoms with Gasteiger partial charge in [0.25, 0.3) is 0 Å². The molecule has 2 N–H and O–H groups in total. The molecule has 1 spiro atoms. The number of Topliss-reactive ketones (excluding diaryl/α,β-unsaturated/α-hetero) is 1. The van der Waals surface area contributed by atoms with E-state index < -0.39 is 12.0 Å². The molecule has 2 saturated heterocycles. The van der Waals surface area contributed by atoms with Crippen LogP contribution < -0.4 is 10.2 Å². The number of likely N-dealkylation sites (tertiary alicyclic amines) is 1. The number of benzene rings is 1. The van der Waals surface area contributed by atoms with Gasteiger partial charge in [0, 0.05) is 51.0 Å². The number of hydrogen-bond donors (Lipinski definition) is 2. The zero-order valence-electron chi connectivity index (χ0n) is 19.7. The predicted molar refractivity (Wildman–Crippen MR) is 132 cm³/mol. The van der Waals surface area contributed by atoms with Crippen LogP contribution >= 0.6 is 0 Å². The molecule has 3 fully saturated rings. The molecule has 1 saturated carbocycles. The van der Waals surface area contributed by atoms with Gasteiger partial charge in [-0.1, -0.05) is 18.2 Å². The van der Waals surface area contributed by atoms with E-state index in [2.05, 4.69) is 39.5 Å². The zero-order valence-corrected chi connectivity index (χ0v) is 19.7. The quantitative estimate of drug-likeness (QED) is 0.621. The van der Waals surface area contributed by atoms with E-state index >= 15 is 0 Å². The Bertz CT molecular complexity index is 996. The monoisotopic (exact) mass is 462 g/mol. The molecule has 0 bridgehead atoms. The van der Waals surface area contributed by atoms with E-state index in [-0.39, 0.29) is 5.41 Å². The molecule has 34 heavy (non-hydrogen) atoms. The second kappa shape index (κ2) is 9.74. The molecule has 0 radical (unpaired) electrons. The van der Waals surface area contributed by atoms with Crippen molar-refractivity contribution in [2.45, 2.75) is 44.6 Å². The van der Waals surface area contributed by atoms with Gasteiger partial charge in [-0.3, -0.25) is 14.5 Å². The highest BCUT2D eigenvalue weighted by Crippen LogP contribution is 2.44. The first-order chi connectivity index (χ1) is 16.5. The van der Waals surface area contributed by atoms with Crippen LogP contribution in [0.3, 0.4) is 0 Å². The van der Waals surface area contributed by atoms with Gasteiger partial charge in [0.05, 0.1) is 5.41 Å². The summed E-state index contributed by atoms with van der Waals surface area (Å²) >= 11 is 0. The summed E-state index contributed by atoms with van der Waals surface area (Å²) in [4.78, 5) is 32.9. The van der Waals surface area contributed by atoms with Crippen LogP contribution in [-0.2, 0) is 16.0 Å². The average molecular weight is 463 g/mol. The molecule has 3 heterocycles. The Morgan fingerprint density at radius 2 is 1.91 bits per heavy atom. The fourth-order valence-electron chi connectivity index (χ4n) is 5.83. The van der Waals surface area contributed by atoms with E-state index in [1.54, 1.807) is 0 Å². The van der Waals surface area contributed by atoms with Crippen LogP contribution in [-0.4, -0.2) is 65.5 Å². The van der Waals surface area contributed by atoms with E-state index in [4.69, 9.17) is 0 Å². The molecule has 1 atom stereocenters. The summed E-state index contributed by atoms with van der Waals surface area (Å²) in [6, 6.07) is 13.7. The Balaban J connectivity index is 1.11. The number of aromatic nitrogens is 1. The maximum Gasteiger partial charge on any atom is 0.321 e. The number of nitrogens with zero attached hydrogens (tertiary/aromatic N) is 3. The Labute approximate surface area is 201 Å². The molecule has 7 nitrogen and oxygen atoms in total. The SMILES string of the molecule is O=C(O)C(Cc1ccc(N2CCC(CNc3ccccn3)CC2)cc1)N1CC2(CCCC2=O)C1. The third kappa shape index (κ3) is 4.80. The fourth-order valence-corrected chi connectivity index (χ4v) is 5.83. The number of ketones is 1. The van der Waals surface area contributed by atoms with Crippen molar-refractivity contribution in [2.75, 3.05) is 42.9 Å². The van der Waals surface area contributed by atoms with E-state index in [9.17, 15) is 14.7 Å². The Hall–Kier alpha value is -2.93. The van der Waals surface area contributed by atoms with Crippen LogP contribution in [0.2, 0.25) is 0 Å². The number of carboxylic acid groups (broad SMARTS) is 1. The van der Waals surface area contributed by atoms with Crippen molar-refractivity contribution in [3.8, 4) is 0 Å². The Morgan fingerprint density at radius 3 is 2.53 bits per heavy atom. The molecule has 1 unspecified atom stereocenters. The second-order valence-corrected chi connectivity index (χ2v) is 10.2. The van der Waals surface area contributed by atoms with Gasteiger partial charge in [-0.25, -0.2) is 4.98 Å².